The molecule has 1 saturated heterocycles. The predicted octanol–water partition coefficient (Wildman–Crippen LogP) is 2.72. The molecule has 0 unspecified atom stereocenters. The first-order chi connectivity index (χ1) is 12.8. The number of guanidine groups is 1. The monoisotopic (exact) mass is 539 g/mol. The van der Waals surface area contributed by atoms with Crippen LogP contribution < -0.4 is 10.6 Å². The lowest BCUT2D eigenvalue weighted by Crippen LogP contribution is -2.72. The molecule has 1 aliphatic heterocycles. The van der Waals surface area contributed by atoms with Gasteiger partial charge in [0.25, 0.3) is 5.69 Å². The van der Waals surface area contributed by atoms with Crippen molar-refractivity contribution in [3.8, 4) is 0 Å². The molecule has 0 atom stereocenters. The molecule has 9 nitrogen and oxygen atoms in total. The third kappa shape index (κ3) is 5.30. The largest absolute Gasteiger partial charge is 0.378 e. The quantitative estimate of drug-likeness (QED) is 0.143. The number of nitrogens with zero attached hydrogens (tertiary/aromatic N) is 3. The summed E-state index contributed by atoms with van der Waals surface area (Å²) in [5, 5.41) is 17.5. The summed E-state index contributed by atoms with van der Waals surface area (Å²) in [5.74, 6) is 0.785. The number of nitro groups is 1. The highest BCUT2D eigenvalue weighted by atomic mass is 127. The van der Waals surface area contributed by atoms with E-state index in [0.717, 1.165) is 24.8 Å². The summed E-state index contributed by atoms with van der Waals surface area (Å²) in [5.41, 5.74) is 0.172. The minimum absolute atomic E-state index is 0. The standard InChI is InChI=1S/C18H29N5O4S.HI/c1-17(2)12-22(18(17,3)4)16(19-5)21-10-9-20-14-8-7-13(28(6,26)27)11-15(14)23(24)25;/h7-8,11,20H,9-10,12H2,1-6H3,(H,19,21);1H. The van der Waals surface area contributed by atoms with Crippen LogP contribution in [-0.4, -0.2) is 62.7 Å². The fourth-order valence-corrected chi connectivity index (χ4v) is 3.75. The maximum atomic E-state index is 11.6. The second-order valence-electron chi connectivity index (χ2n) is 8.14. The van der Waals surface area contributed by atoms with Gasteiger partial charge in [-0.3, -0.25) is 15.1 Å². The minimum atomic E-state index is -3.51. The molecule has 11 heteroatoms. The van der Waals surface area contributed by atoms with E-state index in [0.29, 0.717) is 13.1 Å². The fraction of sp³-hybridized carbons (Fsp3) is 0.611. The maximum absolute atomic E-state index is 11.6. The SMILES string of the molecule is CN=C(NCCNc1ccc(S(C)(=O)=O)cc1[N+](=O)[O-])N1CC(C)(C)C1(C)C.I. The molecule has 1 aromatic carbocycles. The normalized spacial score (nSPS) is 17.7. The van der Waals surface area contributed by atoms with Crippen LogP contribution in [0.5, 0.6) is 0 Å². The molecule has 0 saturated carbocycles. The summed E-state index contributed by atoms with van der Waals surface area (Å²) < 4.78 is 23.2. The number of rotatable bonds is 6. The van der Waals surface area contributed by atoms with Gasteiger partial charge in [-0.1, -0.05) is 13.8 Å². The molecule has 1 fully saturated rings. The van der Waals surface area contributed by atoms with Crippen molar-refractivity contribution >= 4 is 51.1 Å². The Kier molecular flexibility index (Phi) is 7.91. The van der Waals surface area contributed by atoms with Crippen molar-refractivity contribution in [1.82, 2.24) is 10.2 Å². The molecule has 29 heavy (non-hydrogen) atoms. The van der Waals surface area contributed by atoms with E-state index < -0.39 is 14.8 Å². The zero-order chi connectivity index (χ0) is 21.3. The molecular formula is C18H30IN5O4S. The van der Waals surface area contributed by atoms with Gasteiger partial charge in [-0.15, -0.1) is 24.0 Å². The summed E-state index contributed by atoms with van der Waals surface area (Å²) in [4.78, 5) is 17.2. The van der Waals surface area contributed by atoms with Gasteiger partial charge in [0.1, 0.15) is 5.69 Å². The molecule has 0 aromatic heterocycles. The van der Waals surface area contributed by atoms with Crippen molar-refractivity contribution in [2.45, 2.75) is 38.1 Å². The van der Waals surface area contributed by atoms with E-state index in [-0.39, 0.29) is 51.2 Å². The van der Waals surface area contributed by atoms with Gasteiger partial charge < -0.3 is 15.5 Å². The van der Waals surface area contributed by atoms with Crippen molar-refractivity contribution in [2.75, 3.05) is 38.3 Å². The number of halogens is 1. The Balaban J connectivity index is 0.00000420. The lowest BCUT2D eigenvalue weighted by molar-refractivity contribution is -0.384. The molecule has 1 heterocycles. The van der Waals surface area contributed by atoms with Gasteiger partial charge in [-0.25, -0.2) is 8.42 Å². The number of benzene rings is 1. The van der Waals surface area contributed by atoms with Gasteiger partial charge in [0.15, 0.2) is 15.8 Å². The second kappa shape index (κ2) is 9.02. The lowest BCUT2D eigenvalue weighted by Gasteiger charge is -2.62. The average Bonchev–Trinajstić information content (AvgIpc) is 2.59. The Morgan fingerprint density at radius 3 is 2.34 bits per heavy atom. The van der Waals surface area contributed by atoms with E-state index in [1.54, 1.807) is 7.05 Å². The van der Waals surface area contributed by atoms with Crippen LogP contribution in [0.25, 0.3) is 0 Å². The summed E-state index contributed by atoms with van der Waals surface area (Å²) in [6.45, 7) is 10.6. The highest BCUT2D eigenvalue weighted by Gasteiger charge is 2.53. The highest BCUT2D eigenvalue weighted by Crippen LogP contribution is 2.46. The van der Waals surface area contributed by atoms with Crippen LogP contribution in [0.4, 0.5) is 11.4 Å². The molecule has 2 rings (SSSR count). The van der Waals surface area contributed by atoms with Crippen molar-refractivity contribution in [3.05, 3.63) is 28.3 Å². The first-order valence-electron chi connectivity index (χ1n) is 9.02. The van der Waals surface area contributed by atoms with Crippen LogP contribution in [-0.2, 0) is 9.84 Å². The van der Waals surface area contributed by atoms with Crippen molar-refractivity contribution in [1.29, 1.82) is 0 Å². The van der Waals surface area contributed by atoms with E-state index in [1.165, 1.54) is 12.1 Å². The Hall–Kier alpha value is -1.63. The zero-order valence-corrected chi connectivity index (χ0v) is 20.8. The Morgan fingerprint density at radius 2 is 1.90 bits per heavy atom. The second-order valence-corrected chi connectivity index (χ2v) is 10.2. The third-order valence-corrected chi connectivity index (χ3v) is 6.78. The molecule has 164 valence electrons. The van der Waals surface area contributed by atoms with Crippen molar-refractivity contribution in [2.24, 2.45) is 10.4 Å². The first-order valence-corrected chi connectivity index (χ1v) is 10.9. The van der Waals surface area contributed by atoms with E-state index in [4.69, 9.17) is 0 Å². The molecule has 0 aliphatic carbocycles. The highest BCUT2D eigenvalue weighted by molar-refractivity contribution is 14.0. The fourth-order valence-electron chi connectivity index (χ4n) is 3.11. The number of nitro benzene ring substituents is 1. The van der Waals surface area contributed by atoms with E-state index in [2.05, 4.69) is 48.2 Å². The molecule has 0 bridgehead atoms. The van der Waals surface area contributed by atoms with Crippen LogP contribution in [0.2, 0.25) is 0 Å². The van der Waals surface area contributed by atoms with Gasteiger partial charge in [-0.2, -0.15) is 0 Å². The van der Waals surface area contributed by atoms with E-state index in [1.807, 2.05) is 0 Å². The molecular weight excluding hydrogens is 509 g/mol. The predicted molar refractivity (Wildman–Crippen MR) is 126 cm³/mol. The minimum Gasteiger partial charge on any atom is -0.378 e. The number of hydrogen-bond acceptors (Lipinski definition) is 6. The van der Waals surface area contributed by atoms with Gasteiger partial charge in [-0.05, 0) is 26.0 Å². The number of likely N-dealkylation sites (tertiary alicyclic amines) is 1. The Labute approximate surface area is 189 Å². The van der Waals surface area contributed by atoms with Gasteiger partial charge in [0.2, 0.25) is 0 Å². The zero-order valence-electron chi connectivity index (χ0n) is 17.6. The number of aliphatic imine (C=N–C) groups is 1. The number of nitrogens with one attached hydrogen (secondary N) is 2. The van der Waals surface area contributed by atoms with Gasteiger partial charge in [0.05, 0.1) is 9.82 Å². The Morgan fingerprint density at radius 1 is 1.28 bits per heavy atom. The number of sulfone groups is 1. The Bertz CT molecular complexity index is 900. The van der Waals surface area contributed by atoms with E-state index >= 15 is 0 Å². The average molecular weight is 539 g/mol. The summed E-state index contributed by atoms with van der Waals surface area (Å²) >= 11 is 0. The van der Waals surface area contributed by atoms with Crippen LogP contribution in [0.3, 0.4) is 0 Å². The molecule has 0 radical (unpaired) electrons. The molecule has 2 N–H and O–H groups in total. The molecule has 0 spiro atoms. The van der Waals surface area contributed by atoms with Crippen LogP contribution in [0, 0.1) is 15.5 Å². The smallest absolute Gasteiger partial charge is 0.293 e. The van der Waals surface area contributed by atoms with Crippen LogP contribution in [0.15, 0.2) is 28.1 Å². The van der Waals surface area contributed by atoms with Gasteiger partial charge in [0, 0.05) is 50.0 Å². The lowest BCUT2D eigenvalue weighted by atomic mass is 9.65. The van der Waals surface area contributed by atoms with Gasteiger partial charge >= 0.3 is 0 Å². The van der Waals surface area contributed by atoms with Crippen molar-refractivity contribution in [3.63, 3.8) is 0 Å². The van der Waals surface area contributed by atoms with Crippen LogP contribution in [0.1, 0.15) is 27.7 Å². The summed E-state index contributed by atoms with van der Waals surface area (Å²) in [7, 11) is -1.78. The van der Waals surface area contributed by atoms with E-state index in [9.17, 15) is 18.5 Å². The van der Waals surface area contributed by atoms with Crippen LogP contribution >= 0.6 is 24.0 Å². The molecule has 1 aliphatic rings. The maximum Gasteiger partial charge on any atom is 0.293 e. The number of anilines is 1. The first kappa shape index (κ1) is 25.4. The molecule has 0 amide bonds. The third-order valence-electron chi connectivity index (χ3n) is 5.67. The summed E-state index contributed by atoms with van der Waals surface area (Å²) in [6, 6.07) is 3.86. The molecule has 1 aromatic rings. The summed E-state index contributed by atoms with van der Waals surface area (Å²) in [6.07, 6.45) is 1.02. The number of hydrogen-bond donors (Lipinski definition) is 2. The topological polar surface area (TPSA) is 117 Å². The van der Waals surface area contributed by atoms with Crippen molar-refractivity contribution < 1.29 is 13.3 Å².